The predicted molar refractivity (Wildman–Crippen MR) is 239 cm³/mol. The zero-order valence-corrected chi connectivity index (χ0v) is 33.9. The molecular weight excluding hydrogens is 707 g/mol. The molecule has 2 atom stereocenters. The smallest absolute Gasteiger partial charge is 0.167 e. The number of rotatable bonds is 17. The molecule has 7 rings (SSSR count). The molecule has 0 saturated heterocycles. The minimum absolute atomic E-state index is 0. The highest BCUT2D eigenvalue weighted by Gasteiger charge is 2.20. The largest absolute Gasteiger partial charge is 0.507 e. The van der Waals surface area contributed by atoms with E-state index in [0.29, 0.717) is 65.1 Å². The summed E-state index contributed by atoms with van der Waals surface area (Å²) in [5.74, 6) is 3.16. The van der Waals surface area contributed by atoms with Crippen LogP contribution >= 0.6 is 0 Å². The highest BCUT2D eigenvalue weighted by molar-refractivity contribution is 6.25. The summed E-state index contributed by atoms with van der Waals surface area (Å²) in [7, 11) is 0. The number of aromatic nitrogens is 3. The van der Waals surface area contributed by atoms with Gasteiger partial charge in [-0.1, -0.05) is 136 Å². The van der Waals surface area contributed by atoms with Crippen LogP contribution in [-0.4, -0.2) is 38.4 Å². The van der Waals surface area contributed by atoms with Gasteiger partial charge >= 0.3 is 0 Å². The fourth-order valence-electron chi connectivity index (χ4n) is 7.47. The van der Waals surface area contributed by atoms with Crippen molar-refractivity contribution in [2.75, 3.05) is 13.2 Å². The Morgan fingerprint density at radius 2 is 0.947 bits per heavy atom. The Kier molecular flexibility index (Phi) is 15.1. The lowest BCUT2D eigenvalue weighted by Gasteiger charge is -2.17. The Hall–Kier alpha value is -5.43. The fourth-order valence-corrected chi connectivity index (χ4v) is 7.47. The number of unbranched alkanes of at least 4 members (excludes halogenated alkanes) is 2. The molecule has 0 saturated carbocycles. The number of nitrogens with zero attached hydrogens (tertiary/aromatic N) is 3. The van der Waals surface area contributed by atoms with E-state index in [1.54, 1.807) is 24.3 Å². The van der Waals surface area contributed by atoms with Gasteiger partial charge in [0, 0.05) is 17.7 Å². The van der Waals surface area contributed by atoms with Gasteiger partial charge in [0.25, 0.3) is 0 Å². The van der Waals surface area contributed by atoms with Crippen molar-refractivity contribution in [3.8, 4) is 57.2 Å². The van der Waals surface area contributed by atoms with Crippen molar-refractivity contribution >= 4 is 32.3 Å². The lowest BCUT2D eigenvalue weighted by atomic mass is 9.92. The first-order valence-electron chi connectivity index (χ1n) is 20.8. The van der Waals surface area contributed by atoms with Crippen LogP contribution < -0.4 is 9.47 Å². The van der Waals surface area contributed by atoms with Crippen molar-refractivity contribution in [2.24, 2.45) is 11.8 Å². The number of hydrogen-bond acceptors (Lipinski definition) is 7. The first-order chi connectivity index (χ1) is 27.4. The highest BCUT2D eigenvalue weighted by Crippen LogP contribution is 2.41. The van der Waals surface area contributed by atoms with Crippen LogP contribution in [-0.2, 0) is 0 Å². The van der Waals surface area contributed by atoms with Gasteiger partial charge in [-0.15, -0.1) is 0 Å². The first-order valence-corrected chi connectivity index (χ1v) is 20.8. The molecule has 7 nitrogen and oxygen atoms in total. The Morgan fingerprint density at radius 1 is 0.526 bits per heavy atom. The minimum Gasteiger partial charge on any atom is -0.507 e. The zero-order valence-electron chi connectivity index (χ0n) is 33.9. The Balaban J connectivity index is 0.00000204. The van der Waals surface area contributed by atoms with Crippen LogP contribution in [0.5, 0.6) is 23.0 Å². The lowest BCUT2D eigenvalue weighted by Crippen LogP contribution is -2.11. The second-order valence-electron chi connectivity index (χ2n) is 14.6. The molecule has 1 heterocycles. The van der Waals surface area contributed by atoms with Crippen molar-refractivity contribution in [3.63, 3.8) is 0 Å². The van der Waals surface area contributed by atoms with Crippen LogP contribution in [0.4, 0.5) is 0 Å². The molecule has 0 aliphatic carbocycles. The van der Waals surface area contributed by atoms with Gasteiger partial charge in [0.05, 0.1) is 24.3 Å². The lowest BCUT2D eigenvalue weighted by molar-refractivity contribution is 0.232. The molecule has 57 heavy (non-hydrogen) atoms. The van der Waals surface area contributed by atoms with Gasteiger partial charge in [-0.05, 0) is 87.3 Å². The van der Waals surface area contributed by atoms with Gasteiger partial charge in [0.1, 0.15) is 23.0 Å². The second kappa shape index (κ2) is 20.1. The molecule has 0 bridgehead atoms. The standard InChI is InChI=1S/C47H51N3O4.C2H6.CH4/c1-5-9-12-30(7-3)28-53-35-20-24-39(41(51)26-35)46-48-45(38-23-19-34-17-16-32-14-11-15-33-18-22-37(38)44(34)43(32)33)49-47(50-46)40-25-21-36(27-42(40)52)54-29-31(8-4)13-10-6-2;1-2;/h11,14-27,30-31,51-52H,5-10,12-13,28-29H2,1-4H3;1-2H3;1H4. The third kappa shape index (κ3) is 9.58. The van der Waals surface area contributed by atoms with Crippen LogP contribution in [0.2, 0.25) is 0 Å². The quantitative estimate of drug-likeness (QED) is 0.0890. The minimum atomic E-state index is 0. The fraction of sp³-hybridized carbons (Fsp3) is 0.380. The third-order valence-corrected chi connectivity index (χ3v) is 10.9. The number of phenols is 2. The van der Waals surface area contributed by atoms with Gasteiger partial charge < -0.3 is 19.7 Å². The average Bonchev–Trinajstić information content (AvgIpc) is 3.23. The van der Waals surface area contributed by atoms with Crippen molar-refractivity contribution in [3.05, 3.63) is 91.0 Å². The van der Waals surface area contributed by atoms with Gasteiger partial charge in [-0.3, -0.25) is 0 Å². The topological polar surface area (TPSA) is 97.6 Å². The summed E-state index contributed by atoms with van der Waals surface area (Å²) < 4.78 is 12.3. The zero-order chi connectivity index (χ0) is 39.6. The van der Waals surface area contributed by atoms with Gasteiger partial charge in [-0.25, -0.2) is 15.0 Å². The molecule has 7 aromatic rings. The van der Waals surface area contributed by atoms with Crippen LogP contribution in [0.25, 0.3) is 66.5 Å². The van der Waals surface area contributed by atoms with Crippen LogP contribution in [0, 0.1) is 11.8 Å². The molecule has 300 valence electrons. The SMILES string of the molecule is C.CC.CCCCC(CC)COc1ccc(-c2nc(-c3ccc(OCC(CC)CCCC)cc3O)nc(-c3ccc4ccc5cccc6ccc3c4c56)n2)c(O)c1. The summed E-state index contributed by atoms with van der Waals surface area (Å²) in [6.07, 6.45) is 8.99. The van der Waals surface area contributed by atoms with E-state index in [9.17, 15) is 10.2 Å². The number of aromatic hydroxyl groups is 2. The summed E-state index contributed by atoms with van der Waals surface area (Å²) in [6, 6.07) is 29.7. The molecule has 0 spiro atoms. The van der Waals surface area contributed by atoms with Crippen LogP contribution in [0.15, 0.2) is 91.0 Å². The summed E-state index contributed by atoms with van der Waals surface area (Å²) in [6.45, 7) is 14.0. The molecule has 0 aliphatic heterocycles. The molecule has 7 heteroatoms. The maximum atomic E-state index is 11.4. The van der Waals surface area contributed by atoms with Crippen molar-refractivity contribution < 1.29 is 19.7 Å². The summed E-state index contributed by atoms with van der Waals surface area (Å²) >= 11 is 0. The molecule has 0 fully saturated rings. The molecule has 6 aromatic carbocycles. The van der Waals surface area contributed by atoms with Crippen molar-refractivity contribution in [2.45, 2.75) is 100 Å². The van der Waals surface area contributed by atoms with E-state index in [1.165, 1.54) is 29.0 Å². The number of benzene rings is 6. The highest BCUT2D eigenvalue weighted by atomic mass is 16.5. The van der Waals surface area contributed by atoms with Crippen LogP contribution in [0.1, 0.15) is 100 Å². The first kappa shape index (κ1) is 42.7. The normalized spacial score (nSPS) is 12.2. The maximum absolute atomic E-state index is 11.4. The molecule has 0 amide bonds. The van der Waals surface area contributed by atoms with Crippen molar-refractivity contribution in [1.29, 1.82) is 0 Å². The Morgan fingerprint density at radius 3 is 1.40 bits per heavy atom. The van der Waals surface area contributed by atoms with Crippen molar-refractivity contribution in [1.82, 2.24) is 15.0 Å². The second-order valence-corrected chi connectivity index (χ2v) is 14.6. The van der Waals surface area contributed by atoms with Gasteiger partial charge in [0.2, 0.25) is 0 Å². The van der Waals surface area contributed by atoms with E-state index in [0.717, 1.165) is 60.2 Å². The molecule has 2 N–H and O–H groups in total. The third-order valence-electron chi connectivity index (χ3n) is 10.9. The van der Waals surface area contributed by atoms with E-state index >= 15 is 0 Å². The molecule has 0 aliphatic rings. The maximum Gasteiger partial charge on any atom is 0.167 e. The molecule has 0 radical (unpaired) electrons. The monoisotopic (exact) mass is 767 g/mol. The Bertz CT molecular complexity index is 2250. The van der Waals surface area contributed by atoms with E-state index in [2.05, 4.69) is 76.2 Å². The molecule has 1 aromatic heterocycles. The number of hydrogen-bond donors (Lipinski definition) is 2. The van der Waals surface area contributed by atoms with Gasteiger partial charge in [0.15, 0.2) is 17.5 Å². The number of ether oxygens (including phenoxy) is 2. The van der Waals surface area contributed by atoms with E-state index in [4.69, 9.17) is 24.4 Å². The molecular formula is C50H61N3O4. The van der Waals surface area contributed by atoms with Crippen LogP contribution in [0.3, 0.4) is 0 Å². The average molecular weight is 768 g/mol. The van der Waals surface area contributed by atoms with E-state index in [1.807, 2.05) is 32.0 Å². The number of phenolic OH excluding ortho intramolecular Hbond substituents is 2. The van der Waals surface area contributed by atoms with E-state index in [-0.39, 0.29) is 18.9 Å². The molecule has 2 unspecified atom stereocenters. The predicted octanol–water partition coefficient (Wildman–Crippen LogP) is 14.0. The summed E-state index contributed by atoms with van der Waals surface area (Å²) in [4.78, 5) is 14.8. The summed E-state index contributed by atoms with van der Waals surface area (Å²) in [5, 5.41) is 29.7. The Labute approximate surface area is 339 Å². The summed E-state index contributed by atoms with van der Waals surface area (Å²) in [5.41, 5.74) is 1.72. The van der Waals surface area contributed by atoms with E-state index < -0.39 is 0 Å². The van der Waals surface area contributed by atoms with Gasteiger partial charge in [-0.2, -0.15) is 0 Å².